The number of hydrogen-bond acceptors (Lipinski definition) is 3. The monoisotopic (exact) mass is 219 g/mol. The molecular weight excluding hydrogens is 202 g/mol. The van der Waals surface area contributed by atoms with E-state index in [1.165, 1.54) is 0 Å². The number of benzene rings is 1. The van der Waals surface area contributed by atoms with Crippen molar-refractivity contribution in [2.24, 2.45) is 0 Å². The van der Waals surface area contributed by atoms with Gasteiger partial charge in [-0.25, -0.2) is 0 Å². The fourth-order valence-corrected chi connectivity index (χ4v) is 1.41. The van der Waals surface area contributed by atoms with Gasteiger partial charge in [0.05, 0.1) is 12.5 Å². The molecule has 3 heteroatoms. The van der Waals surface area contributed by atoms with Crippen LogP contribution in [0.5, 0.6) is 5.75 Å². The maximum Gasteiger partial charge on any atom is 0.120 e. The van der Waals surface area contributed by atoms with Gasteiger partial charge in [0.1, 0.15) is 11.4 Å². The van der Waals surface area contributed by atoms with Gasteiger partial charge in [-0.3, -0.25) is 0 Å². The Balaban J connectivity index is 2.65. The van der Waals surface area contributed by atoms with E-state index < -0.39 is 0 Å². The molecule has 0 aliphatic carbocycles. The van der Waals surface area contributed by atoms with Crippen LogP contribution in [-0.4, -0.2) is 17.3 Å². The zero-order valence-corrected chi connectivity index (χ0v) is 9.73. The van der Waals surface area contributed by atoms with Crippen LogP contribution in [0.2, 0.25) is 0 Å². The van der Waals surface area contributed by atoms with Crippen molar-refractivity contribution in [3.8, 4) is 11.8 Å². The maximum atomic E-state index is 8.88. The molecule has 0 saturated heterocycles. The van der Waals surface area contributed by atoms with Crippen LogP contribution < -0.4 is 4.74 Å². The molecule has 1 rings (SSSR count). The second-order valence-electron chi connectivity index (χ2n) is 4.31. The number of ether oxygens (including phenoxy) is 1. The lowest BCUT2D eigenvalue weighted by Crippen LogP contribution is -2.29. The minimum Gasteiger partial charge on any atom is -0.488 e. The zero-order chi connectivity index (χ0) is 12.0. The van der Waals surface area contributed by atoms with Gasteiger partial charge in [-0.05, 0) is 31.5 Å². The first-order valence-corrected chi connectivity index (χ1v) is 5.33. The summed E-state index contributed by atoms with van der Waals surface area (Å²) in [5, 5.41) is 17.4. The van der Waals surface area contributed by atoms with Crippen LogP contribution in [0, 0.1) is 11.3 Å². The normalized spacial score (nSPS) is 10.9. The van der Waals surface area contributed by atoms with Gasteiger partial charge in [-0.15, -0.1) is 0 Å². The largest absolute Gasteiger partial charge is 0.488 e. The molecule has 0 atom stereocenters. The summed E-state index contributed by atoms with van der Waals surface area (Å²) in [5.74, 6) is 0.764. The molecule has 0 aromatic heterocycles. The van der Waals surface area contributed by atoms with Gasteiger partial charge in [-0.1, -0.05) is 12.1 Å². The summed E-state index contributed by atoms with van der Waals surface area (Å²) in [7, 11) is 0. The highest BCUT2D eigenvalue weighted by Crippen LogP contribution is 2.21. The molecule has 0 bridgehead atoms. The molecule has 0 radical (unpaired) electrons. The minimum atomic E-state index is -0.370. The first kappa shape index (κ1) is 12.5. The second kappa shape index (κ2) is 5.53. The van der Waals surface area contributed by atoms with Crippen molar-refractivity contribution in [2.75, 3.05) is 6.61 Å². The van der Waals surface area contributed by atoms with Gasteiger partial charge in [-0.2, -0.15) is 5.26 Å². The van der Waals surface area contributed by atoms with Gasteiger partial charge >= 0.3 is 0 Å². The fourth-order valence-electron chi connectivity index (χ4n) is 1.41. The summed E-state index contributed by atoms with van der Waals surface area (Å²) in [6.07, 6.45) is 1.01. The minimum absolute atomic E-state index is 0.111. The number of nitriles is 1. The highest BCUT2D eigenvalue weighted by molar-refractivity contribution is 5.29. The number of rotatable bonds is 5. The Morgan fingerprint density at radius 3 is 2.44 bits per heavy atom. The van der Waals surface area contributed by atoms with E-state index >= 15 is 0 Å². The lowest BCUT2D eigenvalue weighted by atomic mass is 10.1. The predicted octanol–water partition coefficient (Wildman–Crippen LogP) is 2.29. The molecule has 1 aromatic carbocycles. The van der Waals surface area contributed by atoms with Crippen molar-refractivity contribution in [1.29, 1.82) is 5.26 Å². The zero-order valence-electron chi connectivity index (χ0n) is 9.73. The molecule has 0 amide bonds. The molecule has 0 unspecified atom stereocenters. The Morgan fingerprint density at radius 1 is 1.31 bits per heavy atom. The number of hydrogen-bond donors (Lipinski definition) is 1. The van der Waals surface area contributed by atoms with Gasteiger partial charge < -0.3 is 9.84 Å². The topological polar surface area (TPSA) is 53.2 Å². The number of aliphatic hydroxyl groups is 1. The first-order chi connectivity index (χ1) is 7.57. The highest BCUT2D eigenvalue weighted by Gasteiger charge is 2.18. The Hall–Kier alpha value is -1.53. The Bertz CT molecular complexity index is 363. The van der Waals surface area contributed by atoms with Crippen molar-refractivity contribution in [3.63, 3.8) is 0 Å². The van der Waals surface area contributed by atoms with Crippen molar-refractivity contribution in [1.82, 2.24) is 0 Å². The molecule has 0 fully saturated rings. The van der Waals surface area contributed by atoms with Crippen molar-refractivity contribution >= 4 is 0 Å². The fraction of sp³-hybridized carbons (Fsp3) is 0.462. The Labute approximate surface area is 96.3 Å². The van der Waals surface area contributed by atoms with E-state index in [1.54, 1.807) is 0 Å². The van der Waals surface area contributed by atoms with Gasteiger partial charge in [0.15, 0.2) is 0 Å². The van der Waals surface area contributed by atoms with Gasteiger partial charge in [0.25, 0.3) is 0 Å². The third-order valence-electron chi connectivity index (χ3n) is 2.31. The van der Waals surface area contributed by atoms with Crippen LogP contribution >= 0.6 is 0 Å². The lowest BCUT2D eigenvalue weighted by molar-refractivity contribution is 0.0765. The average molecular weight is 219 g/mol. The van der Waals surface area contributed by atoms with E-state index in [9.17, 15) is 0 Å². The van der Waals surface area contributed by atoms with Crippen molar-refractivity contribution < 1.29 is 9.84 Å². The van der Waals surface area contributed by atoms with E-state index in [0.717, 1.165) is 11.3 Å². The van der Waals surface area contributed by atoms with Crippen LogP contribution in [0.4, 0.5) is 0 Å². The van der Waals surface area contributed by atoms with E-state index in [0.29, 0.717) is 12.8 Å². The van der Waals surface area contributed by atoms with Gasteiger partial charge in [0, 0.05) is 13.0 Å². The van der Waals surface area contributed by atoms with E-state index in [-0.39, 0.29) is 12.2 Å². The maximum absolute atomic E-state index is 8.88. The third-order valence-corrected chi connectivity index (χ3v) is 2.31. The molecule has 86 valence electrons. The van der Waals surface area contributed by atoms with Crippen LogP contribution in [-0.2, 0) is 6.42 Å². The van der Waals surface area contributed by atoms with Gasteiger partial charge in [0.2, 0.25) is 0 Å². The summed E-state index contributed by atoms with van der Waals surface area (Å²) in [6.45, 7) is 3.98. The van der Waals surface area contributed by atoms with Crippen molar-refractivity contribution in [2.45, 2.75) is 32.3 Å². The third kappa shape index (κ3) is 3.92. The van der Waals surface area contributed by atoms with E-state index in [2.05, 4.69) is 6.07 Å². The summed E-state index contributed by atoms with van der Waals surface area (Å²) < 4.78 is 5.73. The molecule has 0 aliphatic heterocycles. The summed E-state index contributed by atoms with van der Waals surface area (Å²) >= 11 is 0. The van der Waals surface area contributed by atoms with Crippen LogP contribution in [0.3, 0.4) is 0 Å². The second-order valence-corrected chi connectivity index (χ2v) is 4.31. The average Bonchev–Trinajstić information content (AvgIpc) is 2.21. The summed E-state index contributed by atoms with van der Waals surface area (Å²) in [5.41, 5.74) is 0.612. The Kier molecular flexibility index (Phi) is 4.33. The quantitative estimate of drug-likeness (QED) is 0.826. The van der Waals surface area contributed by atoms with Crippen LogP contribution in [0.25, 0.3) is 0 Å². The number of aliphatic hydroxyl groups excluding tert-OH is 1. The molecule has 3 nitrogen and oxygen atoms in total. The smallest absolute Gasteiger partial charge is 0.120 e. The molecule has 0 spiro atoms. The summed E-state index contributed by atoms with van der Waals surface area (Å²) in [4.78, 5) is 0. The molecule has 0 heterocycles. The summed E-state index contributed by atoms with van der Waals surface area (Å²) in [6, 6.07) is 9.57. The van der Waals surface area contributed by atoms with Crippen LogP contribution in [0.1, 0.15) is 25.8 Å². The molecule has 0 saturated carbocycles. The first-order valence-electron chi connectivity index (χ1n) is 5.33. The predicted molar refractivity (Wildman–Crippen MR) is 62.2 cm³/mol. The van der Waals surface area contributed by atoms with Crippen LogP contribution in [0.15, 0.2) is 24.3 Å². The number of nitrogens with zero attached hydrogens (tertiary/aromatic N) is 1. The molecule has 1 N–H and O–H groups in total. The lowest BCUT2D eigenvalue weighted by Gasteiger charge is -2.25. The molecule has 16 heavy (non-hydrogen) atoms. The van der Waals surface area contributed by atoms with Crippen molar-refractivity contribution in [3.05, 3.63) is 29.8 Å². The van der Waals surface area contributed by atoms with E-state index in [1.807, 2.05) is 38.1 Å². The molecular formula is C13H17NO2. The van der Waals surface area contributed by atoms with E-state index in [4.69, 9.17) is 15.1 Å². The molecule has 0 aliphatic rings. The Morgan fingerprint density at radius 2 is 1.94 bits per heavy atom. The molecule has 1 aromatic rings. The SMILES string of the molecule is CC(C)(CCO)Oc1ccc(CC#N)cc1. The standard InChI is InChI=1S/C13H17NO2/c1-13(2,8-10-15)16-12-5-3-11(4-6-12)7-9-14/h3-6,15H,7-8,10H2,1-2H3. The highest BCUT2D eigenvalue weighted by atomic mass is 16.5.